The highest BCUT2D eigenvalue weighted by Gasteiger charge is 2.16. The van der Waals surface area contributed by atoms with Gasteiger partial charge in [0, 0.05) is 25.2 Å². The number of benzene rings is 1. The van der Waals surface area contributed by atoms with Crippen molar-refractivity contribution in [3.8, 4) is 0 Å². The van der Waals surface area contributed by atoms with Crippen molar-refractivity contribution in [2.75, 3.05) is 24.7 Å². The maximum atomic E-state index is 13.0. The van der Waals surface area contributed by atoms with Crippen LogP contribution in [0.15, 0.2) is 30.9 Å². The third kappa shape index (κ3) is 5.82. The maximum absolute atomic E-state index is 13.0. The van der Waals surface area contributed by atoms with Crippen LogP contribution < -0.4 is 5.32 Å². The van der Waals surface area contributed by atoms with Crippen LogP contribution >= 0.6 is 11.6 Å². The molecule has 1 amide bonds. The Bertz CT molecular complexity index is 634. The van der Waals surface area contributed by atoms with E-state index >= 15 is 0 Å². The Morgan fingerprint density at radius 3 is 2.71 bits per heavy atom. The van der Waals surface area contributed by atoms with Crippen LogP contribution in [0.2, 0.25) is 5.02 Å². The number of anilines is 1. The number of halogens is 2. The van der Waals surface area contributed by atoms with Crippen LogP contribution in [0.4, 0.5) is 10.1 Å². The molecule has 0 aliphatic rings. The molecule has 0 saturated carbocycles. The van der Waals surface area contributed by atoms with Crippen LogP contribution in [0.25, 0.3) is 0 Å². The third-order valence-electron chi connectivity index (χ3n) is 2.59. The summed E-state index contributed by atoms with van der Waals surface area (Å²) in [7, 11) is -3.40. The number of hydrogen-bond acceptors (Lipinski definition) is 3. The molecule has 0 atom stereocenters. The van der Waals surface area contributed by atoms with E-state index in [9.17, 15) is 17.6 Å². The number of amides is 1. The second kappa shape index (κ2) is 7.53. The second-order valence-corrected chi connectivity index (χ2v) is 6.73. The molecule has 5 nitrogen and oxygen atoms in total. The topological polar surface area (TPSA) is 66.5 Å². The molecule has 0 fully saturated rings. The maximum Gasteiger partial charge on any atom is 0.225 e. The summed E-state index contributed by atoms with van der Waals surface area (Å²) in [6.45, 7) is 3.64. The van der Waals surface area contributed by atoms with Gasteiger partial charge in [-0.05, 0) is 18.2 Å². The fourth-order valence-electron chi connectivity index (χ4n) is 1.56. The Morgan fingerprint density at radius 1 is 1.52 bits per heavy atom. The Labute approximate surface area is 128 Å². The minimum atomic E-state index is -3.40. The molecule has 0 aromatic heterocycles. The van der Waals surface area contributed by atoms with Crippen LogP contribution in [0.1, 0.15) is 6.42 Å². The number of carbonyl (C=O) groups excluding carboxylic acids is 1. The van der Waals surface area contributed by atoms with Gasteiger partial charge in [-0.25, -0.2) is 12.8 Å². The molecule has 0 bridgehead atoms. The van der Waals surface area contributed by atoms with Crippen molar-refractivity contribution in [2.45, 2.75) is 6.42 Å². The fourth-order valence-corrected chi connectivity index (χ4v) is 2.54. The van der Waals surface area contributed by atoms with Crippen molar-refractivity contribution >= 4 is 33.2 Å². The van der Waals surface area contributed by atoms with Gasteiger partial charge in [-0.15, -0.1) is 6.58 Å². The number of sulfonamides is 1. The summed E-state index contributed by atoms with van der Waals surface area (Å²) in [6.07, 6.45) is 2.47. The summed E-state index contributed by atoms with van der Waals surface area (Å²) in [5, 5.41) is 2.42. The van der Waals surface area contributed by atoms with Gasteiger partial charge in [-0.3, -0.25) is 4.79 Å². The highest BCUT2D eigenvalue weighted by atomic mass is 35.5. The molecule has 1 aromatic rings. The molecule has 116 valence electrons. The van der Waals surface area contributed by atoms with Gasteiger partial charge >= 0.3 is 0 Å². The van der Waals surface area contributed by atoms with Crippen molar-refractivity contribution in [1.29, 1.82) is 0 Å². The van der Waals surface area contributed by atoms with Crippen LogP contribution in [-0.4, -0.2) is 38.0 Å². The van der Waals surface area contributed by atoms with Crippen molar-refractivity contribution < 1.29 is 17.6 Å². The zero-order valence-electron chi connectivity index (χ0n) is 11.5. The molecular weight excluding hydrogens is 319 g/mol. The number of rotatable bonds is 7. The standard InChI is InChI=1S/C13H16ClFN2O3S/c1-3-7-17(21(2,19)20)8-6-13(18)16-10-4-5-12(15)11(14)9-10/h3-5,9H,1,6-8H2,2H3,(H,16,18). The van der Waals surface area contributed by atoms with Crippen LogP contribution in [0, 0.1) is 5.82 Å². The van der Waals surface area contributed by atoms with Gasteiger partial charge in [0.1, 0.15) is 5.82 Å². The van der Waals surface area contributed by atoms with Crippen molar-refractivity contribution in [2.24, 2.45) is 0 Å². The largest absolute Gasteiger partial charge is 0.326 e. The van der Waals surface area contributed by atoms with Crippen molar-refractivity contribution in [3.63, 3.8) is 0 Å². The molecule has 0 heterocycles. The van der Waals surface area contributed by atoms with E-state index < -0.39 is 21.7 Å². The second-order valence-electron chi connectivity index (χ2n) is 4.34. The van der Waals surface area contributed by atoms with Crippen molar-refractivity contribution in [1.82, 2.24) is 4.31 Å². The summed E-state index contributed by atoms with van der Waals surface area (Å²) < 4.78 is 37.0. The van der Waals surface area contributed by atoms with Gasteiger partial charge in [-0.1, -0.05) is 17.7 Å². The zero-order chi connectivity index (χ0) is 16.0. The molecule has 0 saturated heterocycles. The predicted molar refractivity (Wildman–Crippen MR) is 81.3 cm³/mol. The van der Waals surface area contributed by atoms with E-state index in [2.05, 4.69) is 11.9 Å². The first kappa shape index (κ1) is 17.6. The average molecular weight is 335 g/mol. The third-order valence-corrected chi connectivity index (χ3v) is 4.15. The zero-order valence-corrected chi connectivity index (χ0v) is 13.0. The SMILES string of the molecule is C=CCN(CCC(=O)Nc1ccc(F)c(Cl)c1)S(C)(=O)=O. The first-order valence-electron chi connectivity index (χ1n) is 6.05. The van der Waals surface area contributed by atoms with Gasteiger partial charge in [-0.2, -0.15) is 4.31 Å². The summed E-state index contributed by atoms with van der Waals surface area (Å²) in [4.78, 5) is 11.7. The lowest BCUT2D eigenvalue weighted by atomic mass is 10.3. The molecular formula is C13H16ClFN2O3S. The normalized spacial score (nSPS) is 11.4. The smallest absolute Gasteiger partial charge is 0.225 e. The van der Waals surface area contributed by atoms with E-state index in [-0.39, 0.29) is 24.5 Å². The van der Waals surface area contributed by atoms with Gasteiger partial charge in [0.25, 0.3) is 0 Å². The van der Waals surface area contributed by atoms with Crippen LogP contribution in [-0.2, 0) is 14.8 Å². The Kier molecular flexibility index (Phi) is 6.32. The van der Waals surface area contributed by atoms with Crippen LogP contribution in [0.3, 0.4) is 0 Å². The van der Waals surface area contributed by atoms with Crippen molar-refractivity contribution in [3.05, 3.63) is 41.7 Å². The summed E-state index contributed by atoms with van der Waals surface area (Å²) >= 11 is 5.60. The molecule has 1 aromatic carbocycles. The van der Waals surface area contributed by atoms with Crippen LogP contribution in [0.5, 0.6) is 0 Å². The van der Waals surface area contributed by atoms with Gasteiger partial charge in [0.15, 0.2) is 0 Å². The molecule has 0 unspecified atom stereocenters. The highest BCUT2D eigenvalue weighted by molar-refractivity contribution is 7.88. The van der Waals surface area contributed by atoms with E-state index in [1.54, 1.807) is 0 Å². The number of carbonyl (C=O) groups is 1. The van der Waals surface area contributed by atoms with E-state index in [0.29, 0.717) is 5.69 Å². The molecule has 0 aliphatic heterocycles. The minimum absolute atomic E-state index is 0.0318. The first-order chi connectivity index (χ1) is 9.74. The Hall–Kier alpha value is -1.44. The minimum Gasteiger partial charge on any atom is -0.326 e. The number of hydrogen-bond donors (Lipinski definition) is 1. The fraction of sp³-hybridized carbons (Fsp3) is 0.308. The predicted octanol–water partition coefficient (Wildman–Crippen LogP) is 2.26. The van der Waals surface area contributed by atoms with E-state index in [0.717, 1.165) is 16.6 Å². The quantitative estimate of drug-likeness (QED) is 0.778. The average Bonchev–Trinajstić information content (AvgIpc) is 2.37. The molecule has 0 aliphatic carbocycles. The Balaban J connectivity index is 2.60. The van der Waals surface area contributed by atoms with Gasteiger partial charge in [0.2, 0.25) is 15.9 Å². The Morgan fingerprint density at radius 2 is 2.19 bits per heavy atom. The van der Waals surface area contributed by atoms with E-state index in [1.165, 1.54) is 18.2 Å². The lowest BCUT2D eigenvalue weighted by Crippen LogP contribution is -2.33. The molecule has 0 radical (unpaired) electrons. The lowest BCUT2D eigenvalue weighted by Gasteiger charge is -2.17. The summed E-state index contributed by atoms with van der Waals surface area (Å²) in [5.41, 5.74) is 0.348. The summed E-state index contributed by atoms with van der Waals surface area (Å²) in [5.74, 6) is -0.973. The summed E-state index contributed by atoms with van der Waals surface area (Å²) in [6, 6.07) is 3.79. The number of nitrogens with zero attached hydrogens (tertiary/aromatic N) is 1. The van der Waals surface area contributed by atoms with Gasteiger partial charge < -0.3 is 5.32 Å². The molecule has 1 rings (SSSR count). The number of nitrogens with one attached hydrogen (secondary N) is 1. The highest BCUT2D eigenvalue weighted by Crippen LogP contribution is 2.19. The molecule has 0 spiro atoms. The molecule has 21 heavy (non-hydrogen) atoms. The van der Waals surface area contributed by atoms with E-state index in [4.69, 9.17) is 11.6 Å². The van der Waals surface area contributed by atoms with E-state index in [1.807, 2.05) is 0 Å². The van der Waals surface area contributed by atoms with Gasteiger partial charge in [0.05, 0.1) is 11.3 Å². The molecule has 1 N–H and O–H groups in total. The molecule has 8 heteroatoms. The monoisotopic (exact) mass is 334 g/mol. The lowest BCUT2D eigenvalue weighted by molar-refractivity contribution is -0.116. The first-order valence-corrected chi connectivity index (χ1v) is 8.27.